The van der Waals surface area contributed by atoms with Gasteiger partial charge in [-0.25, -0.2) is 9.59 Å². The lowest BCUT2D eigenvalue weighted by Gasteiger charge is -2.07. The fourth-order valence-electron chi connectivity index (χ4n) is 4.80. The first-order chi connectivity index (χ1) is 19.0. The van der Waals surface area contributed by atoms with Gasteiger partial charge in [-0.05, 0) is 24.8 Å². The molecule has 1 heterocycles. The van der Waals surface area contributed by atoms with Crippen molar-refractivity contribution in [3.8, 4) is 0 Å². The summed E-state index contributed by atoms with van der Waals surface area (Å²) in [5.41, 5.74) is 0.497. The molecule has 0 aliphatic rings. The third kappa shape index (κ3) is 15.3. The fraction of sp³-hybridized carbons (Fsp3) is 0.774. The lowest BCUT2D eigenvalue weighted by atomic mass is 10.1. The van der Waals surface area contributed by atoms with Crippen molar-refractivity contribution in [1.82, 2.24) is 10.6 Å². The van der Waals surface area contributed by atoms with E-state index in [1.165, 1.54) is 83.5 Å². The Kier molecular flexibility index (Phi) is 20.3. The molecule has 0 atom stereocenters. The second-order valence-corrected chi connectivity index (χ2v) is 11.6. The van der Waals surface area contributed by atoms with Gasteiger partial charge in [0.25, 0.3) is 5.91 Å². The summed E-state index contributed by atoms with van der Waals surface area (Å²) in [6.07, 6.45) is 22.3. The van der Waals surface area contributed by atoms with Crippen LogP contribution >= 0.6 is 11.3 Å². The number of carboxylic acids is 1. The number of nitrogens with one attached hydrogen (secondary N) is 3. The molecule has 0 unspecified atom stereocenters. The van der Waals surface area contributed by atoms with Gasteiger partial charge < -0.3 is 15.7 Å². The van der Waals surface area contributed by atoms with Gasteiger partial charge in [-0.15, -0.1) is 11.3 Å². The Labute approximate surface area is 241 Å². The van der Waals surface area contributed by atoms with Gasteiger partial charge in [0.15, 0.2) is 0 Å². The Bertz CT molecular complexity index is 825. The largest absolute Gasteiger partial charge is 0.478 e. The first kappa shape index (κ1) is 34.9. The van der Waals surface area contributed by atoms with E-state index in [9.17, 15) is 19.5 Å². The number of amides is 3. The van der Waals surface area contributed by atoms with E-state index in [0.717, 1.165) is 43.4 Å². The molecule has 8 heteroatoms. The molecule has 0 aliphatic carbocycles. The number of urea groups is 1. The molecule has 1 aromatic heterocycles. The normalized spacial score (nSPS) is 10.9. The smallest absolute Gasteiger partial charge is 0.339 e. The predicted molar refractivity (Wildman–Crippen MR) is 164 cm³/mol. The first-order valence-electron chi connectivity index (χ1n) is 15.7. The molecule has 0 aliphatic heterocycles. The van der Waals surface area contributed by atoms with Crippen LogP contribution in [0.25, 0.3) is 0 Å². The highest BCUT2D eigenvalue weighted by atomic mass is 32.1. The van der Waals surface area contributed by atoms with E-state index in [1.54, 1.807) is 0 Å². The molecule has 0 spiro atoms. The van der Waals surface area contributed by atoms with Crippen molar-refractivity contribution >= 4 is 34.2 Å². The number of carbonyl (C=O) groups is 3. The number of hydrogen-bond donors (Lipinski definition) is 4. The minimum Gasteiger partial charge on any atom is -0.478 e. The summed E-state index contributed by atoms with van der Waals surface area (Å²) in [6.45, 7) is 7.37. The zero-order valence-electron chi connectivity index (χ0n) is 24.9. The molecule has 0 bridgehead atoms. The second-order valence-electron chi connectivity index (χ2n) is 10.6. The SMILES string of the molecule is CCCCCCCCCCCCCCNC(=O)Nc1sc(C(=O)NCCCCCCCC)c(CC)c1C(=O)O. The summed E-state index contributed by atoms with van der Waals surface area (Å²) in [5.74, 6) is -1.40. The number of hydrogen-bond acceptors (Lipinski definition) is 4. The number of rotatable bonds is 24. The maximum atomic E-state index is 12.8. The summed E-state index contributed by atoms with van der Waals surface area (Å²) in [5, 5.41) is 18.5. The van der Waals surface area contributed by atoms with Crippen molar-refractivity contribution in [3.63, 3.8) is 0 Å². The Balaban J connectivity index is 2.39. The van der Waals surface area contributed by atoms with Crippen molar-refractivity contribution in [3.05, 3.63) is 16.0 Å². The van der Waals surface area contributed by atoms with Crippen LogP contribution in [0.15, 0.2) is 0 Å². The van der Waals surface area contributed by atoms with Crippen LogP contribution < -0.4 is 16.0 Å². The van der Waals surface area contributed by atoms with Crippen molar-refractivity contribution in [1.29, 1.82) is 0 Å². The van der Waals surface area contributed by atoms with Crippen LogP contribution in [0.3, 0.4) is 0 Å². The molecule has 7 nitrogen and oxygen atoms in total. The third-order valence-corrected chi connectivity index (χ3v) is 8.29. The lowest BCUT2D eigenvalue weighted by Crippen LogP contribution is -2.29. The van der Waals surface area contributed by atoms with Gasteiger partial charge in [0.05, 0.1) is 10.4 Å². The minimum absolute atomic E-state index is 0.0210. The highest BCUT2D eigenvalue weighted by Crippen LogP contribution is 2.34. The van der Waals surface area contributed by atoms with Crippen LogP contribution in [0.2, 0.25) is 0 Å². The first-order valence-corrected chi connectivity index (χ1v) is 16.5. The van der Waals surface area contributed by atoms with E-state index in [2.05, 4.69) is 29.8 Å². The zero-order valence-corrected chi connectivity index (χ0v) is 25.7. The molecular weight excluding hydrogens is 510 g/mol. The maximum absolute atomic E-state index is 12.8. The standard InChI is InChI=1S/C31H55N3O4S/c1-4-7-9-11-13-14-15-16-17-18-20-22-24-33-31(38)34-29-26(30(36)37)25(6-3)27(39-29)28(35)32-23-21-19-12-10-8-5-2/h4-24H2,1-3H3,(H,32,35)(H,36,37)(H2,33,34,38). The number of anilines is 1. The molecule has 1 rings (SSSR count). The lowest BCUT2D eigenvalue weighted by molar-refractivity contribution is 0.0697. The summed E-state index contributed by atoms with van der Waals surface area (Å²) in [6, 6.07) is -0.427. The Morgan fingerprint density at radius 1 is 0.641 bits per heavy atom. The summed E-state index contributed by atoms with van der Waals surface area (Å²) in [4.78, 5) is 37.7. The Morgan fingerprint density at radius 3 is 1.51 bits per heavy atom. The highest BCUT2D eigenvalue weighted by molar-refractivity contribution is 7.18. The molecular formula is C31H55N3O4S. The number of aromatic carboxylic acids is 1. The molecule has 0 saturated heterocycles. The van der Waals surface area contributed by atoms with Gasteiger partial charge in [-0.1, -0.05) is 124 Å². The van der Waals surface area contributed by atoms with Crippen LogP contribution in [0.1, 0.15) is 162 Å². The van der Waals surface area contributed by atoms with Crippen LogP contribution in [0.5, 0.6) is 0 Å². The molecule has 0 saturated carbocycles. The van der Waals surface area contributed by atoms with E-state index in [-0.39, 0.29) is 16.5 Å². The van der Waals surface area contributed by atoms with Gasteiger partial charge in [-0.2, -0.15) is 0 Å². The third-order valence-electron chi connectivity index (χ3n) is 7.14. The Hall–Kier alpha value is -2.09. The van der Waals surface area contributed by atoms with Crippen LogP contribution in [0, 0.1) is 0 Å². The van der Waals surface area contributed by atoms with Gasteiger partial charge in [-0.3, -0.25) is 10.1 Å². The minimum atomic E-state index is -1.13. The molecule has 0 radical (unpaired) electrons. The fourth-order valence-corrected chi connectivity index (χ4v) is 6.00. The Morgan fingerprint density at radius 2 is 1.08 bits per heavy atom. The average molecular weight is 566 g/mol. The second kappa shape index (κ2) is 22.7. The van der Waals surface area contributed by atoms with Gasteiger partial charge >= 0.3 is 12.0 Å². The monoisotopic (exact) mass is 565 g/mol. The molecule has 224 valence electrons. The number of carboxylic acid groups (broad SMARTS) is 1. The maximum Gasteiger partial charge on any atom is 0.339 e. The quantitative estimate of drug-likeness (QED) is 0.0938. The van der Waals surface area contributed by atoms with E-state index in [0.29, 0.717) is 30.0 Å². The van der Waals surface area contributed by atoms with Crippen molar-refractivity contribution in [2.75, 3.05) is 18.4 Å². The van der Waals surface area contributed by atoms with Gasteiger partial charge in [0, 0.05) is 13.1 Å². The van der Waals surface area contributed by atoms with Crippen molar-refractivity contribution in [2.24, 2.45) is 0 Å². The molecule has 3 amide bonds. The predicted octanol–water partition coefficient (Wildman–Crippen LogP) is 8.92. The summed E-state index contributed by atoms with van der Waals surface area (Å²) in [7, 11) is 0. The van der Waals surface area contributed by atoms with E-state index in [4.69, 9.17) is 0 Å². The number of unbranched alkanes of at least 4 members (excludes halogenated alkanes) is 16. The summed E-state index contributed by atoms with van der Waals surface area (Å²) < 4.78 is 0. The van der Waals surface area contributed by atoms with Gasteiger partial charge in [0.2, 0.25) is 0 Å². The van der Waals surface area contributed by atoms with Crippen LogP contribution in [-0.4, -0.2) is 36.1 Å². The van der Waals surface area contributed by atoms with Crippen LogP contribution in [-0.2, 0) is 6.42 Å². The van der Waals surface area contributed by atoms with Gasteiger partial charge in [0.1, 0.15) is 5.00 Å². The molecule has 0 fully saturated rings. The zero-order chi connectivity index (χ0) is 28.7. The van der Waals surface area contributed by atoms with E-state index >= 15 is 0 Å². The average Bonchev–Trinajstić information content (AvgIpc) is 3.29. The molecule has 39 heavy (non-hydrogen) atoms. The van der Waals surface area contributed by atoms with E-state index in [1.807, 2.05) is 6.92 Å². The topological polar surface area (TPSA) is 108 Å². The molecule has 0 aromatic carbocycles. The van der Waals surface area contributed by atoms with E-state index < -0.39 is 12.0 Å². The van der Waals surface area contributed by atoms with Crippen molar-refractivity contribution in [2.45, 2.75) is 143 Å². The number of carbonyl (C=O) groups excluding carboxylic acids is 2. The number of thiophene rings is 1. The highest BCUT2D eigenvalue weighted by Gasteiger charge is 2.26. The molecule has 1 aromatic rings. The summed E-state index contributed by atoms with van der Waals surface area (Å²) >= 11 is 1.05. The van der Waals surface area contributed by atoms with Crippen molar-refractivity contribution < 1.29 is 19.5 Å². The molecule has 4 N–H and O–H groups in total. The van der Waals surface area contributed by atoms with Crippen LogP contribution in [0.4, 0.5) is 9.80 Å².